The minimum Gasteiger partial charge on any atom is -0.382 e. The maximum Gasteiger partial charge on any atom is 0.236 e. The van der Waals surface area contributed by atoms with Crippen LogP contribution < -0.4 is 0 Å². The molecule has 0 fully saturated rings. The molecular weight excluding hydrogens is 188 g/mol. The van der Waals surface area contributed by atoms with Crippen molar-refractivity contribution >= 4 is 5.78 Å². The highest BCUT2D eigenvalue weighted by molar-refractivity contribution is 6.01. The average molecular weight is 202 g/mol. The standard InChI is InChI=1S/C13H14O2/c1-10-4-6-11(7-5-10)8-9-12(14)13(2,3)15/h4-7,15H,1-3H3. The summed E-state index contributed by atoms with van der Waals surface area (Å²) in [6, 6.07) is 7.55. The van der Waals surface area contributed by atoms with E-state index in [0.29, 0.717) is 0 Å². The highest BCUT2D eigenvalue weighted by Gasteiger charge is 2.21. The lowest BCUT2D eigenvalue weighted by Gasteiger charge is -2.09. The first-order valence-corrected chi connectivity index (χ1v) is 4.75. The molecule has 0 atom stereocenters. The van der Waals surface area contributed by atoms with Crippen molar-refractivity contribution in [2.24, 2.45) is 0 Å². The molecule has 0 amide bonds. The molecule has 0 aromatic heterocycles. The van der Waals surface area contributed by atoms with Gasteiger partial charge < -0.3 is 5.11 Å². The van der Waals surface area contributed by atoms with Gasteiger partial charge >= 0.3 is 0 Å². The van der Waals surface area contributed by atoms with E-state index in [1.54, 1.807) is 0 Å². The van der Waals surface area contributed by atoms with Crippen molar-refractivity contribution in [3.8, 4) is 11.8 Å². The van der Waals surface area contributed by atoms with Crippen LogP contribution in [0.1, 0.15) is 25.0 Å². The van der Waals surface area contributed by atoms with E-state index < -0.39 is 11.4 Å². The van der Waals surface area contributed by atoms with E-state index in [9.17, 15) is 9.90 Å². The molecule has 1 aromatic carbocycles. The van der Waals surface area contributed by atoms with E-state index >= 15 is 0 Å². The Morgan fingerprint density at radius 3 is 2.27 bits per heavy atom. The fourth-order valence-electron chi connectivity index (χ4n) is 0.919. The van der Waals surface area contributed by atoms with Crippen molar-refractivity contribution in [3.05, 3.63) is 35.4 Å². The van der Waals surface area contributed by atoms with Crippen LogP contribution >= 0.6 is 0 Å². The van der Waals surface area contributed by atoms with Crippen LogP contribution in [0.3, 0.4) is 0 Å². The molecule has 0 heterocycles. The van der Waals surface area contributed by atoms with Crippen LogP contribution in [0, 0.1) is 18.8 Å². The Labute approximate surface area is 89.9 Å². The van der Waals surface area contributed by atoms with Crippen LogP contribution in [0.5, 0.6) is 0 Å². The molecule has 0 saturated carbocycles. The van der Waals surface area contributed by atoms with Crippen LogP contribution in [0.4, 0.5) is 0 Å². The van der Waals surface area contributed by atoms with Gasteiger partial charge in [-0.15, -0.1) is 0 Å². The van der Waals surface area contributed by atoms with E-state index in [-0.39, 0.29) is 0 Å². The van der Waals surface area contributed by atoms with Gasteiger partial charge in [-0.3, -0.25) is 4.79 Å². The minimum absolute atomic E-state index is 0.469. The van der Waals surface area contributed by atoms with Gasteiger partial charge in [-0.25, -0.2) is 0 Å². The van der Waals surface area contributed by atoms with Crippen LogP contribution in [-0.2, 0) is 4.79 Å². The summed E-state index contributed by atoms with van der Waals surface area (Å²) in [5.74, 6) is 4.67. The van der Waals surface area contributed by atoms with Gasteiger partial charge in [0, 0.05) is 5.56 Å². The second-order valence-corrected chi connectivity index (χ2v) is 4.00. The molecule has 0 aliphatic heterocycles. The number of rotatable bonds is 1. The monoisotopic (exact) mass is 202 g/mol. The number of benzene rings is 1. The summed E-state index contributed by atoms with van der Waals surface area (Å²) in [7, 11) is 0. The number of hydrogen-bond acceptors (Lipinski definition) is 2. The summed E-state index contributed by atoms with van der Waals surface area (Å²) in [4.78, 5) is 11.3. The molecule has 2 nitrogen and oxygen atoms in total. The normalized spacial score (nSPS) is 10.4. The molecule has 0 aliphatic rings. The smallest absolute Gasteiger partial charge is 0.236 e. The van der Waals surface area contributed by atoms with Crippen molar-refractivity contribution < 1.29 is 9.90 Å². The Balaban J connectivity index is 2.83. The highest BCUT2D eigenvalue weighted by Crippen LogP contribution is 2.03. The van der Waals surface area contributed by atoms with Crippen molar-refractivity contribution in [1.29, 1.82) is 0 Å². The Bertz CT molecular complexity index is 411. The SMILES string of the molecule is Cc1ccc(C#CC(=O)C(C)(C)O)cc1. The fourth-order valence-corrected chi connectivity index (χ4v) is 0.919. The largest absolute Gasteiger partial charge is 0.382 e. The first-order valence-electron chi connectivity index (χ1n) is 4.75. The number of aliphatic hydroxyl groups is 1. The highest BCUT2D eigenvalue weighted by atomic mass is 16.3. The molecule has 78 valence electrons. The maximum absolute atomic E-state index is 11.3. The zero-order valence-electron chi connectivity index (χ0n) is 9.16. The van der Waals surface area contributed by atoms with Gasteiger partial charge in [0.05, 0.1) is 0 Å². The Kier molecular flexibility index (Phi) is 3.28. The molecule has 0 unspecified atom stereocenters. The third-order valence-electron chi connectivity index (χ3n) is 1.93. The third-order valence-corrected chi connectivity index (χ3v) is 1.93. The molecule has 2 heteroatoms. The van der Waals surface area contributed by atoms with Gasteiger partial charge in [0.15, 0.2) is 0 Å². The summed E-state index contributed by atoms with van der Waals surface area (Å²) >= 11 is 0. The van der Waals surface area contributed by atoms with E-state index in [2.05, 4.69) is 11.8 Å². The molecule has 0 radical (unpaired) electrons. The second-order valence-electron chi connectivity index (χ2n) is 4.00. The van der Waals surface area contributed by atoms with Crippen LogP contribution in [0.25, 0.3) is 0 Å². The first-order chi connectivity index (χ1) is 6.89. The lowest BCUT2D eigenvalue weighted by Crippen LogP contribution is -2.29. The Morgan fingerprint density at radius 1 is 1.27 bits per heavy atom. The number of carbonyl (C=O) groups excluding carboxylic acids is 1. The topological polar surface area (TPSA) is 37.3 Å². The third kappa shape index (κ3) is 3.57. The summed E-state index contributed by atoms with van der Waals surface area (Å²) in [6.07, 6.45) is 0. The van der Waals surface area contributed by atoms with Gasteiger partial charge in [0.2, 0.25) is 5.78 Å². The predicted molar refractivity (Wildman–Crippen MR) is 59.4 cm³/mol. The summed E-state index contributed by atoms with van der Waals surface area (Å²) in [5, 5.41) is 9.36. The number of ketones is 1. The molecule has 0 bridgehead atoms. The molecular formula is C13H14O2. The van der Waals surface area contributed by atoms with Crippen LogP contribution in [0.15, 0.2) is 24.3 Å². The lowest BCUT2D eigenvalue weighted by molar-refractivity contribution is -0.127. The van der Waals surface area contributed by atoms with Crippen molar-refractivity contribution in [2.75, 3.05) is 0 Å². The van der Waals surface area contributed by atoms with E-state index in [4.69, 9.17) is 0 Å². The number of carbonyl (C=O) groups is 1. The summed E-state index contributed by atoms with van der Waals surface area (Å²) in [6.45, 7) is 4.84. The quantitative estimate of drug-likeness (QED) is 0.703. The van der Waals surface area contributed by atoms with Crippen molar-refractivity contribution in [1.82, 2.24) is 0 Å². The lowest BCUT2D eigenvalue weighted by atomic mass is 10.0. The zero-order valence-corrected chi connectivity index (χ0v) is 9.16. The number of hydrogen-bond donors (Lipinski definition) is 1. The van der Waals surface area contributed by atoms with Gasteiger partial charge in [0.25, 0.3) is 0 Å². The van der Waals surface area contributed by atoms with Crippen molar-refractivity contribution in [2.45, 2.75) is 26.4 Å². The van der Waals surface area contributed by atoms with E-state index in [1.165, 1.54) is 13.8 Å². The molecule has 1 N–H and O–H groups in total. The van der Waals surface area contributed by atoms with E-state index in [1.807, 2.05) is 31.2 Å². The molecule has 15 heavy (non-hydrogen) atoms. The van der Waals surface area contributed by atoms with Crippen LogP contribution in [-0.4, -0.2) is 16.5 Å². The first kappa shape index (κ1) is 11.5. The average Bonchev–Trinajstić information content (AvgIpc) is 2.15. The predicted octanol–water partition coefficient (Wildman–Crippen LogP) is 1.69. The zero-order chi connectivity index (χ0) is 11.5. The number of Topliss-reactive ketones (excluding diaryl/α,β-unsaturated/α-hetero) is 1. The maximum atomic E-state index is 11.3. The number of aryl methyl sites for hydroxylation is 1. The van der Waals surface area contributed by atoms with Crippen LogP contribution in [0.2, 0.25) is 0 Å². The Morgan fingerprint density at radius 2 is 1.80 bits per heavy atom. The molecule has 0 aliphatic carbocycles. The Hall–Kier alpha value is -1.59. The minimum atomic E-state index is -1.38. The van der Waals surface area contributed by atoms with E-state index in [0.717, 1.165) is 11.1 Å². The van der Waals surface area contributed by atoms with Gasteiger partial charge in [-0.1, -0.05) is 23.6 Å². The summed E-state index contributed by atoms with van der Waals surface area (Å²) < 4.78 is 0. The molecule has 0 spiro atoms. The van der Waals surface area contributed by atoms with Crippen molar-refractivity contribution in [3.63, 3.8) is 0 Å². The van der Waals surface area contributed by atoms with Gasteiger partial charge in [0.1, 0.15) is 5.60 Å². The summed E-state index contributed by atoms with van der Waals surface area (Å²) in [5.41, 5.74) is 0.546. The van der Waals surface area contributed by atoms with Gasteiger partial charge in [-0.2, -0.15) is 0 Å². The molecule has 1 rings (SSSR count). The molecule has 0 saturated heterocycles. The van der Waals surface area contributed by atoms with Gasteiger partial charge in [-0.05, 0) is 38.8 Å². The second kappa shape index (κ2) is 4.29. The fraction of sp³-hybridized carbons (Fsp3) is 0.308. The molecule has 1 aromatic rings.